The van der Waals surface area contributed by atoms with Crippen molar-refractivity contribution in [3.05, 3.63) is 77.6 Å². The van der Waals surface area contributed by atoms with Crippen LogP contribution in [-0.2, 0) is 7.05 Å². The molecule has 0 aliphatic carbocycles. The van der Waals surface area contributed by atoms with E-state index in [9.17, 15) is 4.79 Å². The zero-order valence-electron chi connectivity index (χ0n) is 14.9. The lowest BCUT2D eigenvalue weighted by atomic mass is 9.87. The van der Waals surface area contributed by atoms with Crippen molar-refractivity contribution in [2.45, 2.75) is 18.8 Å². The SMILES string of the molecule is Cc1nccc([C@@H]2CN(C(=O)c3ccnn3C)C[C@H]2c2ccccc2)n1. The summed E-state index contributed by atoms with van der Waals surface area (Å²) in [5, 5.41) is 4.12. The normalized spacial score (nSPS) is 19.7. The molecule has 2 aromatic heterocycles. The molecular weight excluding hydrogens is 326 g/mol. The maximum Gasteiger partial charge on any atom is 0.272 e. The van der Waals surface area contributed by atoms with Crippen molar-refractivity contribution in [1.29, 1.82) is 0 Å². The van der Waals surface area contributed by atoms with Gasteiger partial charge in [0.1, 0.15) is 11.5 Å². The van der Waals surface area contributed by atoms with E-state index in [1.807, 2.05) is 36.1 Å². The number of benzene rings is 1. The van der Waals surface area contributed by atoms with Crippen molar-refractivity contribution in [2.24, 2.45) is 7.05 Å². The summed E-state index contributed by atoms with van der Waals surface area (Å²) < 4.78 is 1.63. The highest BCUT2D eigenvalue weighted by molar-refractivity contribution is 5.92. The minimum Gasteiger partial charge on any atom is -0.336 e. The summed E-state index contributed by atoms with van der Waals surface area (Å²) in [6.07, 6.45) is 3.45. The molecule has 26 heavy (non-hydrogen) atoms. The lowest BCUT2D eigenvalue weighted by molar-refractivity contribution is 0.0778. The smallest absolute Gasteiger partial charge is 0.272 e. The van der Waals surface area contributed by atoms with Crippen LogP contribution in [-0.4, -0.2) is 43.6 Å². The molecule has 1 saturated heterocycles. The average molecular weight is 347 g/mol. The van der Waals surface area contributed by atoms with Gasteiger partial charge >= 0.3 is 0 Å². The number of rotatable bonds is 3. The van der Waals surface area contributed by atoms with Gasteiger partial charge < -0.3 is 4.90 Å². The van der Waals surface area contributed by atoms with Gasteiger partial charge in [0.25, 0.3) is 5.91 Å². The number of carbonyl (C=O) groups excluding carboxylic acids is 1. The predicted octanol–water partition coefficient (Wildman–Crippen LogP) is 2.54. The predicted molar refractivity (Wildman–Crippen MR) is 97.8 cm³/mol. The molecule has 1 amide bonds. The molecule has 0 unspecified atom stereocenters. The van der Waals surface area contributed by atoms with E-state index >= 15 is 0 Å². The van der Waals surface area contributed by atoms with Crippen molar-refractivity contribution >= 4 is 5.91 Å². The molecular formula is C20H21N5O. The Morgan fingerprint density at radius 3 is 2.50 bits per heavy atom. The van der Waals surface area contributed by atoms with Crippen LogP contribution in [0.4, 0.5) is 0 Å². The molecule has 0 radical (unpaired) electrons. The third kappa shape index (κ3) is 2.98. The van der Waals surface area contributed by atoms with Crippen molar-refractivity contribution in [3.63, 3.8) is 0 Å². The van der Waals surface area contributed by atoms with E-state index in [1.165, 1.54) is 5.56 Å². The number of likely N-dealkylation sites (tertiary alicyclic amines) is 1. The molecule has 0 spiro atoms. The average Bonchev–Trinajstić information content (AvgIpc) is 3.28. The van der Waals surface area contributed by atoms with Crippen LogP contribution < -0.4 is 0 Å². The van der Waals surface area contributed by atoms with Gasteiger partial charge in [-0.2, -0.15) is 5.10 Å². The number of carbonyl (C=O) groups is 1. The Balaban J connectivity index is 1.69. The Morgan fingerprint density at radius 1 is 1.04 bits per heavy atom. The summed E-state index contributed by atoms with van der Waals surface area (Å²) in [6, 6.07) is 14.1. The summed E-state index contributed by atoms with van der Waals surface area (Å²) >= 11 is 0. The quantitative estimate of drug-likeness (QED) is 0.730. The van der Waals surface area contributed by atoms with Gasteiger partial charge in [-0.25, -0.2) is 9.97 Å². The summed E-state index contributed by atoms with van der Waals surface area (Å²) in [6.45, 7) is 3.20. The zero-order chi connectivity index (χ0) is 18.1. The third-order valence-electron chi connectivity index (χ3n) is 5.05. The fraction of sp³-hybridized carbons (Fsp3) is 0.300. The molecule has 0 saturated carbocycles. The minimum atomic E-state index is 0.0132. The van der Waals surface area contributed by atoms with Crippen LogP contribution in [0.25, 0.3) is 0 Å². The Bertz CT molecular complexity index is 921. The van der Waals surface area contributed by atoms with Crippen molar-refractivity contribution in [2.75, 3.05) is 13.1 Å². The first-order chi connectivity index (χ1) is 12.6. The largest absolute Gasteiger partial charge is 0.336 e. The number of nitrogens with zero attached hydrogens (tertiary/aromatic N) is 5. The number of aromatic nitrogens is 4. The van der Waals surface area contributed by atoms with E-state index in [1.54, 1.807) is 30.2 Å². The first-order valence-electron chi connectivity index (χ1n) is 8.75. The van der Waals surface area contributed by atoms with Crippen LogP contribution in [0, 0.1) is 6.92 Å². The van der Waals surface area contributed by atoms with Gasteiger partial charge in [0, 0.05) is 50.1 Å². The molecule has 6 heteroatoms. The molecule has 1 fully saturated rings. The van der Waals surface area contributed by atoms with E-state index in [0.29, 0.717) is 18.8 Å². The van der Waals surface area contributed by atoms with Crippen LogP contribution >= 0.6 is 0 Å². The van der Waals surface area contributed by atoms with Crippen LogP contribution in [0.5, 0.6) is 0 Å². The van der Waals surface area contributed by atoms with Gasteiger partial charge in [-0.15, -0.1) is 0 Å². The summed E-state index contributed by atoms with van der Waals surface area (Å²) in [7, 11) is 1.79. The number of hydrogen-bond acceptors (Lipinski definition) is 4. The molecule has 1 aliphatic heterocycles. The van der Waals surface area contributed by atoms with Crippen LogP contribution in [0.1, 0.15) is 39.4 Å². The Kier molecular flexibility index (Phi) is 4.24. The van der Waals surface area contributed by atoms with E-state index in [0.717, 1.165) is 11.5 Å². The van der Waals surface area contributed by atoms with E-state index in [2.05, 4.69) is 27.2 Å². The van der Waals surface area contributed by atoms with Crippen LogP contribution in [0.3, 0.4) is 0 Å². The van der Waals surface area contributed by atoms with Gasteiger partial charge in [0.2, 0.25) is 0 Å². The molecule has 4 rings (SSSR count). The summed E-state index contributed by atoms with van der Waals surface area (Å²) in [5.41, 5.74) is 2.83. The summed E-state index contributed by atoms with van der Waals surface area (Å²) in [5.74, 6) is 1.13. The highest BCUT2D eigenvalue weighted by atomic mass is 16.2. The molecule has 3 aromatic rings. The van der Waals surface area contributed by atoms with Gasteiger partial charge in [0.05, 0.1) is 0 Å². The Hall–Kier alpha value is -3.02. The third-order valence-corrected chi connectivity index (χ3v) is 5.05. The van der Waals surface area contributed by atoms with Gasteiger partial charge in [-0.05, 0) is 24.6 Å². The first kappa shape index (κ1) is 16.4. The van der Waals surface area contributed by atoms with Gasteiger partial charge in [-0.3, -0.25) is 9.48 Å². The second kappa shape index (κ2) is 6.71. The first-order valence-corrected chi connectivity index (χ1v) is 8.75. The van der Waals surface area contributed by atoms with Crippen LogP contribution in [0.15, 0.2) is 54.9 Å². The standard InChI is InChI=1S/C20H21N5O/c1-14-21-10-8-18(23-14)17-13-25(20(26)19-9-11-22-24(19)2)12-16(17)15-6-4-3-5-7-15/h3-11,16-17H,12-13H2,1-2H3/t16-,17+/m0/s1. The lowest BCUT2D eigenvalue weighted by Crippen LogP contribution is -2.30. The number of amides is 1. The molecule has 2 atom stereocenters. The monoisotopic (exact) mass is 347 g/mol. The molecule has 6 nitrogen and oxygen atoms in total. The van der Waals surface area contributed by atoms with E-state index in [4.69, 9.17) is 0 Å². The number of aryl methyl sites for hydroxylation is 2. The van der Waals surface area contributed by atoms with Crippen molar-refractivity contribution in [3.8, 4) is 0 Å². The molecule has 0 bridgehead atoms. The zero-order valence-corrected chi connectivity index (χ0v) is 14.9. The Morgan fingerprint density at radius 2 is 1.81 bits per heavy atom. The number of hydrogen-bond donors (Lipinski definition) is 0. The fourth-order valence-electron chi connectivity index (χ4n) is 3.73. The molecule has 0 N–H and O–H groups in total. The van der Waals surface area contributed by atoms with Crippen LogP contribution in [0.2, 0.25) is 0 Å². The lowest BCUT2D eigenvalue weighted by Gasteiger charge is -2.18. The van der Waals surface area contributed by atoms with E-state index < -0.39 is 0 Å². The van der Waals surface area contributed by atoms with Crippen molar-refractivity contribution < 1.29 is 4.79 Å². The Labute approximate surface area is 152 Å². The van der Waals surface area contributed by atoms with Gasteiger partial charge in [-0.1, -0.05) is 30.3 Å². The van der Waals surface area contributed by atoms with Gasteiger partial charge in [0.15, 0.2) is 0 Å². The maximum atomic E-state index is 13.0. The highest BCUT2D eigenvalue weighted by Crippen LogP contribution is 2.39. The van der Waals surface area contributed by atoms with E-state index in [-0.39, 0.29) is 17.7 Å². The molecule has 1 aliphatic rings. The second-order valence-electron chi connectivity index (χ2n) is 6.70. The molecule has 132 valence electrons. The molecule has 1 aromatic carbocycles. The topological polar surface area (TPSA) is 63.9 Å². The minimum absolute atomic E-state index is 0.0132. The van der Waals surface area contributed by atoms with Crippen molar-refractivity contribution in [1.82, 2.24) is 24.6 Å². The maximum absolute atomic E-state index is 13.0. The molecule has 3 heterocycles. The second-order valence-corrected chi connectivity index (χ2v) is 6.70. The fourth-order valence-corrected chi connectivity index (χ4v) is 3.73. The summed E-state index contributed by atoms with van der Waals surface area (Å²) in [4.78, 5) is 23.7. The highest BCUT2D eigenvalue weighted by Gasteiger charge is 2.38.